The Labute approximate surface area is 119 Å². The summed E-state index contributed by atoms with van der Waals surface area (Å²) in [7, 11) is 0. The molecule has 0 atom stereocenters. The van der Waals surface area contributed by atoms with E-state index in [-0.39, 0.29) is 5.78 Å². The standard InChI is InChI=1S/C18H18O2/c1-18(2)12-16(19)15-11-14(8-9-17(15)20-18)10-13-6-4-3-5-7-13/h3-9,11H,10,12H2,1-2H3. The molecule has 0 aliphatic carbocycles. The minimum Gasteiger partial charge on any atom is -0.487 e. The summed E-state index contributed by atoms with van der Waals surface area (Å²) < 4.78 is 5.87. The van der Waals surface area contributed by atoms with Crippen molar-refractivity contribution < 1.29 is 9.53 Å². The lowest BCUT2D eigenvalue weighted by Crippen LogP contribution is -2.35. The molecule has 0 unspecified atom stereocenters. The number of hydrogen-bond acceptors (Lipinski definition) is 2. The third-order valence-electron chi connectivity index (χ3n) is 3.57. The van der Waals surface area contributed by atoms with Gasteiger partial charge in [-0.2, -0.15) is 0 Å². The zero-order valence-electron chi connectivity index (χ0n) is 11.8. The van der Waals surface area contributed by atoms with E-state index in [1.54, 1.807) is 0 Å². The molecule has 0 bridgehead atoms. The molecule has 1 aliphatic heterocycles. The van der Waals surface area contributed by atoms with E-state index in [0.29, 0.717) is 12.2 Å². The molecule has 0 spiro atoms. The molecular weight excluding hydrogens is 248 g/mol. The number of benzene rings is 2. The Morgan fingerprint density at radius 1 is 1.05 bits per heavy atom. The second-order valence-corrected chi connectivity index (χ2v) is 5.95. The van der Waals surface area contributed by atoms with Crippen LogP contribution >= 0.6 is 0 Å². The Kier molecular flexibility index (Phi) is 3.09. The highest BCUT2D eigenvalue weighted by Crippen LogP contribution is 2.33. The number of carbonyl (C=O) groups is 1. The highest BCUT2D eigenvalue weighted by atomic mass is 16.5. The van der Waals surface area contributed by atoms with Gasteiger partial charge in [0.2, 0.25) is 0 Å². The molecule has 102 valence electrons. The molecule has 0 radical (unpaired) electrons. The number of hydrogen-bond donors (Lipinski definition) is 0. The summed E-state index contributed by atoms with van der Waals surface area (Å²) in [6, 6.07) is 16.2. The lowest BCUT2D eigenvalue weighted by Gasteiger charge is -2.31. The van der Waals surface area contributed by atoms with Crippen molar-refractivity contribution >= 4 is 5.78 Å². The van der Waals surface area contributed by atoms with Crippen molar-refractivity contribution in [2.75, 3.05) is 0 Å². The summed E-state index contributed by atoms with van der Waals surface area (Å²) in [5.74, 6) is 0.884. The predicted octanol–water partition coefficient (Wildman–Crippen LogP) is 4.02. The van der Waals surface area contributed by atoms with Crippen molar-refractivity contribution in [2.45, 2.75) is 32.3 Å². The fourth-order valence-corrected chi connectivity index (χ4v) is 2.64. The molecule has 2 aromatic rings. The van der Waals surface area contributed by atoms with E-state index in [9.17, 15) is 4.79 Å². The van der Waals surface area contributed by atoms with Crippen LogP contribution in [0.2, 0.25) is 0 Å². The molecule has 0 saturated heterocycles. The molecular formula is C18H18O2. The maximum Gasteiger partial charge on any atom is 0.170 e. The van der Waals surface area contributed by atoms with Gasteiger partial charge in [-0.3, -0.25) is 4.79 Å². The van der Waals surface area contributed by atoms with Gasteiger partial charge in [-0.05, 0) is 43.5 Å². The number of carbonyl (C=O) groups excluding carboxylic acids is 1. The number of ether oxygens (including phenoxy) is 1. The van der Waals surface area contributed by atoms with Crippen LogP contribution in [-0.2, 0) is 6.42 Å². The van der Waals surface area contributed by atoms with Gasteiger partial charge in [0.05, 0.1) is 12.0 Å². The summed E-state index contributed by atoms with van der Waals surface area (Å²) in [6.07, 6.45) is 1.28. The molecule has 0 amide bonds. The van der Waals surface area contributed by atoms with Gasteiger partial charge in [0.25, 0.3) is 0 Å². The average molecular weight is 266 g/mol. The maximum atomic E-state index is 12.2. The first kappa shape index (κ1) is 12.9. The Balaban J connectivity index is 1.90. The van der Waals surface area contributed by atoms with Crippen LogP contribution in [-0.4, -0.2) is 11.4 Å². The van der Waals surface area contributed by atoms with Crippen LogP contribution in [0.4, 0.5) is 0 Å². The highest BCUT2D eigenvalue weighted by Gasteiger charge is 2.32. The maximum absolute atomic E-state index is 12.2. The van der Waals surface area contributed by atoms with Gasteiger partial charge < -0.3 is 4.74 Å². The Morgan fingerprint density at radius 3 is 2.55 bits per heavy atom. The Bertz CT molecular complexity index is 642. The largest absolute Gasteiger partial charge is 0.487 e. The number of Topliss-reactive ketones (excluding diaryl/α,β-unsaturated/α-hetero) is 1. The highest BCUT2D eigenvalue weighted by molar-refractivity contribution is 6.00. The smallest absolute Gasteiger partial charge is 0.170 e. The van der Waals surface area contributed by atoms with Crippen molar-refractivity contribution in [3.05, 3.63) is 65.2 Å². The molecule has 3 rings (SSSR count). The average Bonchev–Trinajstić information content (AvgIpc) is 2.40. The Morgan fingerprint density at radius 2 is 1.80 bits per heavy atom. The van der Waals surface area contributed by atoms with Crippen LogP contribution in [0.25, 0.3) is 0 Å². The second-order valence-electron chi connectivity index (χ2n) is 5.95. The van der Waals surface area contributed by atoms with Crippen LogP contribution in [0.5, 0.6) is 5.75 Å². The van der Waals surface area contributed by atoms with Gasteiger partial charge in [-0.15, -0.1) is 0 Å². The van der Waals surface area contributed by atoms with Crippen LogP contribution in [0.3, 0.4) is 0 Å². The summed E-state index contributed by atoms with van der Waals surface area (Å²) in [5.41, 5.74) is 2.71. The van der Waals surface area contributed by atoms with Crippen molar-refractivity contribution in [1.82, 2.24) is 0 Å². The van der Waals surface area contributed by atoms with Gasteiger partial charge in [0, 0.05) is 0 Å². The summed E-state index contributed by atoms with van der Waals surface area (Å²) in [4.78, 5) is 12.2. The SMILES string of the molecule is CC1(C)CC(=O)c2cc(Cc3ccccc3)ccc2O1. The van der Waals surface area contributed by atoms with Crippen LogP contribution in [0, 0.1) is 0 Å². The molecule has 0 saturated carbocycles. The van der Waals surface area contributed by atoms with E-state index in [4.69, 9.17) is 4.74 Å². The molecule has 20 heavy (non-hydrogen) atoms. The third-order valence-corrected chi connectivity index (χ3v) is 3.57. The number of rotatable bonds is 2. The minimum absolute atomic E-state index is 0.172. The van der Waals surface area contributed by atoms with Crippen molar-refractivity contribution in [2.24, 2.45) is 0 Å². The predicted molar refractivity (Wildman–Crippen MR) is 79.3 cm³/mol. The van der Waals surface area contributed by atoms with E-state index in [2.05, 4.69) is 12.1 Å². The molecule has 1 aliphatic rings. The summed E-state index contributed by atoms with van der Waals surface area (Å²) >= 11 is 0. The monoisotopic (exact) mass is 266 g/mol. The Hall–Kier alpha value is -2.09. The van der Waals surface area contributed by atoms with E-state index >= 15 is 0 Å². The molecule has 0 fully saturated rings. The first-order valence-corrected chi connectivity index (χ1v) is 6.93. The van der Waals surface area contributed by atoms with Crippen molar-refractivity contribution in [3.8, 4) is 5.75 Å². The molecule has 0 N–H and O–H groups in total. The molecule has 2 heteroatoms. The lowest BCUT2D eigenvalue weighted by atomic mass is 9.91. The third kappa shape index (κ3) is 2.60. The van der Waals surface area contributed by atoms with Crippen LogP contribution < -0.4 is 4.74 Å². The molecule has 1 heterocycles. The second kappa shape index (κ2) is 4.78. The first-order chi connectivity index (χ1) is 9.53. The lowest BCUT2D eigenvalue weighted by molar-refractivity contribution is 0.0620. The van der Waals surface area contributed by atoms with E-state index in [1.807, 2.05) is 50.2 Å². The zero-order chi connectivity index (χ0) is 14.2. The van der Waals surface area contributed by atoms with E-state index in [0.717, 1.165) is 17.5 Å². The molecule has 2 aromatic carbocycles. The minimum atomic E-state index is -0.398. The summed E-state index contributed by atoms with van der Waals surface area (Å²) in [5, 5.41) is 0. The summed E-state index contributed by atoms with van der Waals surface area (Å²) in [6.45, 7) is 3.90. The fraction of sp³-hybridized carbons (Fsp3) is 0.278. The van der Waals surface area contributed by atoms with E-state index < -0.39 is 5.60 Å². The number of fused-ring (bicyclic) bond motifs is 1. The van der Waals surface area contributed by atoms with Crippen molar-refractivity contribution in [3.63, 3.8) is 0 Å². The topological polar surface area (TPSA) is 26.3 Å². The van der Waals surface area contributed by atoms with Gasteiger partial charge in [-0.1, -0.05) is 36.4 Å². The van der Waals surface area contributed by atoms with Crippen molar-refractivity contribution in [1.29, 1.82) is 0 Å². The number of ketones is 1. The molecule has 0 aromatic heterocycles. The van der Waals surface area contributed by atoms with Crippen LogP contribution in [0.1, 0.15) is 41.8 Å². The van der Waals surface area contributed by atoms with Gasteiger partial charge in [-0.25, -0.2) is 0 Å². The van der Waals surface area contributed by atoms with Gasteiger partial charge in [0.15, 0.2) is 5.78 Å². The van der Waals surface area contributed by atoms with Gasteiger partial charge >= 0.3 is 0 Å². The quantitative estimate of drug-likeness (QED) is 0.820. The van der Waals surface area contributed by atoms with Crippen LogP contribution in [0.15, 0.2) is 48.5 Å². The zero-order valence-corrected chi connectivity index (χ0v) is 11.8. The van der Waals surface area contributed by atoms with E-state index in [1.165, 1.54) is 5.56 Å². The fourth-order valence-electron chi connectivity index (χ4n) is 2.64. The molecule has 2 nitrogen and oxygen atoms in total. The normalized spacial score (nSPS) is 16.4. The first-order valence-electron chi connectivity index (χ1n) is 6.93. The van der Waals surface area contributed by atoms with Gasteiger partial charge in [0.1, 0.15) is 11.4 Å².